The third-order valence-electron chi connectivity index (χ3n) is 12.1. The summed E-state index contributed by atoms with van der Waals surface area (Å²) in [7, 11) is 3.21. The van der Waals surface area contributed by atoms with Crippen molar-refractivity contribution in [3.8, 4) is 28.7 Å². The van der Waals surface area contributed by atoms with E-state index in [0.717, 1.165) is 79.0 Å². The summed E-state index contributed by atoms with van der Waals surface area (Å²) in [6, 6.07) is 25.8. The zero-order valence-corrected chi connectivity index (χ0v) is 32.7. The normalized spacial score (nSPS) is 19.9. The molecule has 4 heterocycles. The van der Waals surface area contributed by atoms with Gasteiger partial charge in [-0.25, -0.2) is 0 Å². The van der Waals surface area contributed by atoms with Crippen molar-refractivity contribution in [1.29, 1.82) is 0 Å². The number of methoxy groups -OCH3 is 2. The molecule has 2 fully saturated rings. The number of carbonyl (C=O) groups excluding carboxylic acids is 2. The Balaban J connectivity index is 0.765. The molecule has 4 aliphatic heterocycles. The molecule has 4 aromatic rings. The Morgan fingerprint density at radius 2 is 1.33 bits per heavy atom. The van der Waals surface area contributed by atoms with Crippen LogP contribution in [0, 0.1) is 5.41 Å². The van der Waals surface area contributed by atoms with Crippen LogP contribution < -0.4 is 34.3 Å². The molecule has 1 spiro atoms. The van der Waals surface area contributed by atoms with Gasteiger partial charge >= 0.3 is 0 Å². The van der Waals surface area contributed by atoms with Crippen molar-refractivity contribution in [2.45, 2.75) is 63.6 Å². The van der Waals surface area contributed by atoms with E-state index in [1.165, 1.54) is 12.8 Å². The molecule has 1 saturated carbocycles. The van der Waals surface area contributed by atoms with Crippen LogP contribution in [0.1, 0.15) is 76.8 Å². The highest BCUT2D eigenvalue weighted by Crippen LogP contribution is 2.55. The number of rotatable bonds is 14. The maximum absolute atomic E-state index is 13.9. The van der Waals surface area contributed by atoms with Crippen molar-refractivity contribution in [3.63, 3.8) is 0 Å². The van der Waals surface area contributed by atoms with E-state index in [1.807, 2.05) is 71.8 Å². The number of anilines is 2. The van der Waals surface area contributed by atoms with Crippen LogP contribution in [-0.4, -0.2) is 80.8 Å². The molecule has 0 unspecified atom stereocenters. The van der Waals surface area contributed by atoms with E-state index in [-0.39, 0.29) is 23.9 Å². The van der Waals surface area contributed by atoms with E-state index in [2.05, 4.69) is 27.7 Å². The zero-order chi connectivity index (χ0) is 38.9. The van der Waals surface area contributed by atoms with Gasteiger partial charge < -0.3 is 44.1 Å². The Hall–Kier alpha value is -5.84. The highest BCUT2D eigenvalue weighted by atomic mass is 16.5. The minimum atomic E-state index is -0.0667. The van der Waals surface area contributed by atoms with Gasteiger partial charge in [-0.3, -0.25) is 9.59 Å². The van der Waals surface area contributed by atoms with Crippen molar-refractivity contribution in [2.75, 3.05) is 57.7 Å². The van der Waals surface area contributed by atoms with E-state index < -0.39 is 0 Å². The van der Waals surface area contributed by atoms with Gasteiger partial charge in [-0.1, -0.05) is 42.5 Å². The van der Waals surface area contributed by atoms with Crippen LogP contribution in [0.15, 0.2) is 85.1 Å². The summed E-state index contributed by atoms with van der Waals surface area (Å²) in [4.78, 5) is 31.3. The van der Waals surface area contributed by atoms with Gasteiger partial charge in [0.25, 0.3) is 11.8 Å². The topological polar surface area (TPSA) is 111 Å². The second-order valence-electron chi connectivity index (χ2n) is 15.9. The van der Waals surface area contributed by atoms with Crippen molar-refractivity contribution in [1.82, 2.24) is 9.80 Å². The molecule has 11 nitrogen and oxygen atoms in total. The van der Waals surface area contributed by atoms with Crippen LogP contribution in [0.3, 0.4) is 0 Å². The van der Waals surface area contributed by atoms with Gasteiger partial charge in [-0.15, -0.1) is 0 Å². The minimum absolute atomic E-state index is 0.0106. The molecule has 1 aliphatic carbocycles. The summed E-state index contributed by atoms with van der Waals surface area (Å²) in [6.07, 6.45) is 8.80. The van der Waals surface area contributed by atoms with Crippen LogP contribution in [-0.2, 0) is 6.61 Å². The number of nitrogens with one attached hydrogen (secondary N) is 2. The molecule has 9 rings (SSSR count). The number of nitrogens with zero attached hydrogens (tertiary/aromatic N) is 2. The van der Waals surface area contributed by atoms with Gasteiger partial charge in [0.1, 0.15) is 12.4 Å². The second kappa shape index (κ2) is 15.6. The highest BCUT2D eigenvalue weighted by Gasteiger charge is 2.54. The summed E-state index contributed by atoms with van der Waals surface area (Å²) in [5, 5.41) is 7.03. The summed E-state index contributed by atoms with van der Waals surface area (Å²) in [5.74, 6) is 3.15. The third kappa shape index (κ3) is 7.55. The van der Waals surface area contributed by atoms with Gasteiger partial charge in [-0.2, -0.15) is 0 Å². The number of benzene rings is 4. The fourth-order valence-electron chi connectivity index (χ4n) is 8.70. The first kappa shape index (κ1) is 36.8. The largest absolute Gasteiger partial charge is 0.493 e. The van der Waals surface area contributed by atoms with Crippen molar-refractivity contribution >= 4 is 28.8 Å². The number of hydrogen-bond acceptors (Lipinski definition) is 9. The van der Waals surface area contributed by atoms with Crippen LogP contribution in [0.5, 0.6) is 28.7 Å². The lowest BCUT2D eigenvalue weighted by atomic mass is 10.0. The van der Waals surface area contributed by atoms with Crippen LogP contribution >= 0.6 is 0 Å². The lowest BCUT2D eigenvalue weighted by Gasteiger charge is -2.21. The van der Waals surface area contributed by atoms with Crippen LogP contribution in [0.4, 0.5) is 11.4 Å². The van der Waals surface area contributed by atoms with E-state index >= 15 is 0 Å². The van der Waals surface area contributed by atoms with Gasteiger partial charge in [0.15, 0.2) is 23.0 Å². The van der Waals surface area contributed by atoms with Gasteiger partial charge in [0, 0.05) is 44.0 Å². The Bertz CT molecular complexity index is 2170. The first-order valence-electron chi connectivity index (χ1n) is 20.2. The Labute approximate surface area is 333 Å². The number of fused-ring (bicyclic) bond motifs is 4. The smallest absolute Gasteiger partial charge is 0.260 e. The van der Waals surface area contributed by atoms with Crippen molar-refractivity contribution in [3.05, 3.63) is 107 Å². The molecular formula is C46H50N4O7. The molecule has 11 heteroatoms. The number of amides is 2. The predicted octanol–water partition coefficient (Wildman–Crippen LogP) is 8.01. The molecule has 2 amide bonds. The average Bonchev–Trinajstić information content (AvgIpc) is 3.78. The summed E-state index contributed by atoms with van der Waals surface area (Å²) < 4.78 is 29.7. The Morgan fingerprint density at radius 1 is 0.702 bits per heavy atom. The molecule has 2 atom stereocenters. The number of ether oxygens (including phenoxy) is 5. The predicted molar refractivity (Wildman–Crippen MR) is 219 cm³/mol. The number of unbranched alkanes of at least 4 members (excludes halogenated alkanes) is 2. The minimum Gasteiger partial charge on any atom is -0.493 e. The third-order valence-corrected chi connectivity index (χ3v) is 12.1. The van der Waals surface area contributed by atoms with Crippen LogP contribution in [0.25, 0.3) is 5.57 Å². The molecule has 5 aliphatic rings. The molecule has 0 radical (unpaired) electrons. The molecule has 0 aromatic heterocycles. The van der Waals surface area contributed by atoms with Gasteiger partial charge in [-0.05, 0) is 91.3 Å². The van der Waals surface area contributed by atoms with E-state index in [0.29, 0.717) is 65.9 Å². The summed E-state index contributed by atoms with van der Waals surface area (Å²) >= 11 is 0. The SMILES string of the molecule is COc1cc2c(cc1OCCCCCOc1cc3c(cc1OC)C(=O)N1CC4(CC4)C[C@H]1CN3)NC[C@@H]1CC(c3ccc(OCc4ccccc4)cc3)=CN1C2=O. The molecule has 2 N–H and O–H groups in total. The average molecular weight is 771 g/mol. The molecule has 4 aromatic carbocycles. The molecule has 0 bridgehead atoms. The monoisotopic (exact) mass is 770 g/mol. The van der Waals surface area contributed by atoms with E-state index in [1.54, 1.807) is 20.3 Å². The highest BCUT2D eigenvalue weighted by molar-refractivity contribution is 6.03. The van der Waals surface area contributed by atoms with Crippen molar-refractivity contribution < 1.29 is 33.3 Å². The van der Waals surface area contributed by atoms with Gasteiger partial charge in [0.2, 0.25) is 0 Å². The lowest BCUT2D eigenvalue weighted by Crippen LogP contribution is -2.37. The quantitative estimate of drug-likeness (QED) is 0.123. The molecule has 296 valence electrons. The lowest BCUT2D eigenvalue weighted by molar-refractivity contribution is 0.0743. The molecular weight excluding hydrogens is 721 g/mol. The number of carbonyl (C=O) groups is 2. The maximum Gasteiger partial charge on any atom is 0.260 e. The van der Waals surface area contributed by atoms with Crippen molar-refractivity contribution in [2.24, 2.45) is 5.41 Å². The molecule has 57 heavy (non-hydrogen) atoms. The van der Waals surface area contributed by atoms with Crippen LogP contribution in [0.2, 0.25) is 0 Å². The maximum atomic E-state index is 13.9. The van der Waals surface area contributed by atoms with E-state index in [9.17, 15) is 9.59 Å². The second-order valence-corrected chi connectivity index (χ2v) is 15.9. The first-order valence-corrected chi connectivity index (χ1v) is 20.2. The fourth-order valence-corrected chi connectivity index (χ4v) is 8.70. The first-order chi connectivity index (χ1) is 27.9. The summed E-state index contributed by atoms with van der Waals surface area (Å²) in [5.41, 5.74) is 6.43. The fraction of sp³-hybridized carbons (Fsp3) is 0.391. The molecule has 1 saturated heterocycles. The zero-order valence-electron chi connectivity index (χ0n) is 32.7. The van der Waals surface area contributed by atoms with Gasteiger partial charge in [0.05, 0.1) is 56.0 Å². The van der Waals surface area contributed by atoms with E-state index in [4.69, 9.17) is 23.7 Å². The summed E-state index contributed by atoms with van der Waals surface area (Å²) in [6.45, 7) is 3.75. The number of hydrogen-bond donors (Lipinski definition) is 2. The Kier molecular flexibility index (Phi) is 10.1. The Morgan fingerprint density at radius 3 is 1.96 bits per heavy atom. The standard InChI is InChI=1S/C46H50N4O7/c1-53-40-20-36-38(47-25-33-19-32(27-49(33)44(36)51)31-11-13-35(14-12-31)57-28-30-9-5-3-6-10-30)22-42(40)55-17-7-4-8-18-56-43-23-39-37(21-41(43)54-2)45(52)50-29-46(15-16-46)24-34(50)26-48-39/h3,5-6,9-14,20-23,27,33-34,47-48H,4,7-8,15-19,24-26,28-29H2,1-2H3/t33-,34-/m0/s1.